The van der Waals surface area contributed by atoms with Gasteiger partial charge in [-0.1, -0.05) is 0 Å². The second-order valence-corrected chi connectivity index (χ2v) is 4.39. The molecule has 7 N–H and O–H groups in total. The van der Waals surface area contributed by atoms with Gasteiger partial charge in [0.1, 0.15) is 0 Å². The number of aliphatic imine (C=N–C) groups is 1. The van der Waals surface area contributed by atoms with Crippen LogP contribution in [0.2, 0.25) is 0 Å². The number of nitrogens with one attached hydrogen (secondary N) is 2. The first-order valence-corrected chi connectivity index (χ1v) is 6.72. The molecule has 120 valence electrons. The van der Waals surface area contributed by atoms with Crippen molar-refractivity contribution in [2.45, 2.75) is 32.1 Å². The molecule has 0 rings (SSSR count). The number of carboxylic acid groups (broad SMARTS) is 1. The lowest BCUT2D eigenvalue weighted by atomic mass is 10.2. The Bertz CT molecular complexity index is 380. The van der Waals surface area contributed by atoms with Crippen LogP contribution in [0.25, 0.3) is 0 Å². The molecular weight excluding hydrogens is 278 g/mol. The van der Waals surface area contributed by atoms with Crippen molar-refractivity contribution in [2.24, 2.45) is 16.5 Å². The van der Waals surface area contributed by atoms with Crippen LogP contribution >= 0.6 is 0 Å². The van der Waals surface area contributed by atoms with E-state index in [1.807, 2.05) is 0 Å². The topological polar surface area (TPSA) is 160 Å². The first-order chi connectivity index (χ1) is 9.91. The number of nitrogens with two attached hydrogens (primary N) is 2. The summed E-state index contributed by atoms with van der Waals surface area (Å²) in [6, 6.07) is 0. The summed E-state index contributed by atoms with van der Waals surface area (Å²) in [5.74, 6) is -1.52. The largest absolute Gasteiger partial charge is 0.481 e. The molecule has 0 aliphatic rings. The molecule has 21 heavy (non-hydrogen) atoms. The van der Waals surface area contributed by atoms with Crippen LogP contribution in [0.3, 0.4) is 0 Å². The summed E-state index contributed by atoms with van der Waals surface area (Å²) < 4.78 is 0. The van der Waals surface area contributed by atoms with Gasteiger partial charge in [-0.05, 0) is 19.3 Å². The Balaban J connectivity index is 3.51. The Morgan fingerprint density at radius 2 is 1.67 bits per heavy atom. The Hall–Kier alpha value is -2.32. The molecule has 0 aromatic rings. The van der Waals surface area contributed by atoms with Gasteiger partial charge in [-0.3, -0.25) is 19.4 Å². The highest BCUT2D eigenvalue weighted by atomic mass is 16.4. The zero-order chi connectivity index (χ0) is 16.1. The van der Waals surface area contributed by atoms with Crippen molar-refractivity contribution in [2.75, 3.05) is 19.6 Å². The number of carbonyl (C=O) groups is 3. The van der Waals surface area contributed by atoms with Crippen LogP contribution in [0.5, 0.6) is 0 Å². The average Bonchev–Trinajstić information content (AvgIpc) is 2.39. The van der Waals surface area contributed by atoms with Crippen LogP contribution in [0, 0.1) is 0 Å². The van der Waals surface area contributed by atoms with Gasteiger partial charge >= 0.3 is 5.97 Å². The van der Waals surface area contributed by atoms with Gasteiger partial charge in [-0.2, -0.15) is 0 Å². The van der Waals surface area contributed by atoms with Gasteiger partial charge in [0.05, 0.1) is 6.54 Å². The molecule has 0 atom stereocenters. The van der Waals surface area contributed by atoms with Crippen LogP contribution in [0.15, 0.2) is 4.99 Å². The lowest BCUT2D eigenvalue weighted by Crippen LogP contribution is -2.37. The van der Waals surface area contributed by atoms with E-state index >= 15 is 0 Å². The van der Waals surface area contributed by atoms with E-state index in [1.54, 1.807) is 0 Å². The van der Waals surface area contributed by atoms with Crippen LogP contribution in [0.4, 0.5) is 0 Å². The van der Waals surface area contributed by atoms with E-state index in [1.165, 1.54) is 0 Å². The van der Waals surface area contributed by atoms with E-state index in [4.69, 9.17) is 16.6 Å². The molecule has 0 aliphatic heterocycles. The van der Waals surface area contributed by atoms with Crippen LogP contribution in [-0.2, 0) is 14.4 Å². The summed E-state index contributed by atoms with van der Waals surface area (Å²) in [5.41, 5.74) is 10.3. The number of guanidine groups is 1. The molecule has 0 aliphatic carbocycles. The summed E-state index contributed by atoms with van der Waals surface area (Å²) in [6.45, 7) is 0.881. The molecule has 0 aromatic heterocycles. The Morgan fingerprint density at radius 1 is 0.952 bits per heavy atom. The van der Waals surface area contributed by atoms with Crippen molar-refractivity contribution in [3.63, 3.8) is 0 Å². The number of amides is 2. The van der Waals surface area contributed by atoms with Crippen LogP contribution in [0.1, 0.15) is 32.1 Å². The second-order valence-electron chi connectivity index (χ2n) is 4.39. The number of nitrogens with zero attached hydrogens (tertiary/aromatic N) is 1. The monoisotopic (exact) mass is 301 g/mol. The molecule has 0 aromatic carbocycles. The van der Waals surface area contributed by atoms with Gasteiger partial charge in [0.25, 0.3) is 0 Å². The van der Waals surface area contributed by atoms with E-state index in [9.17, 15) is 14.4 Å². The van der Waals surface area contributed by atoms with Gasteiger partial charge < -0.3 is 27.2 Å². The second kappa shape index (κ2) is 11.5. The van der Waals surface area contributed by atoms with Crippen LogP contribution in [-0.4, -0.2) is 48.5 Å². The van der Waals surface area contributed by atoms with Gasteiger partial charge in [-0.15, -0.1) is 0 Å². The fourth-order valence-corrected chi connectivity index (χ4v) is 1.40. The molecule has 9 nitrogen and oxygen atoms in total. The number of rotatable bonds is 11. The van der Waals surface area contributed by atoms with Crippen molar-refractivity contribution in [3.8, 4) is 0 Å². The number of aliphatic carboxylic acids is 1. The summed E-state index contributed by atoms with van der Waals surface area (Å²) >= 11 is 0. The predicted molar refractivity (Wildman–Crippen MR) is 77.4 cm³/mol. The van der Waals surface area contributed by atoms with E-state index in [0.29, 0.717) is 13.1 Å². The van der Waals surface area contributed by atoms with Crippen molar-refractivity contribution in [3.05, 3.63) is 0 Å². The minimum atomic E-state index is -0.943. The normalized spacial score (nSPS) is 9.71. The molecule has 9 heteroatoms. The van der Waals surface area contributed by atoms with E-state index in [-0.39, 0.29) is 43.6 Å². The summed E-state index contributed by atoms with van der Waals surface area (Å²) in [6.07, 6.45) is 1.77. The quantitative estimate of drug-likeness (QED) is 0.178. The SMILES string of the molecule is NC(N)=NCCCCNC(=O)CNC(=O)CCCC(=O)O. The Labute approximate surface area is 123 Å². The van der Waals surface area contributed by atoms with Gasteiger partial charge in [-0.25, -0.2) is 0 Å². The molecule has 0 bridgehead atoms. The maximum absolute atomic E-state index is 11.4. The van der Waals surface area contributed by atoms with Crippen molar-refractivity contribution >= 4 is 23.7 Å². The van der Waals surface area contributed by atoms with Crippen molar-refractivity contribution < 1.29 is 19.5 Å². The third-order valence-electron chi connectivity index (χ3n) is 2.44. The number of hydrogen-bond donors (Lipinski definition) is 5. The lowest BCUT2D eigenvalue weighted by Gasteiger charge is -2.06. The minimum Gasteiger partial charge on any atom is -0.481 e. The average molecular weight is 301 g/mol. The molecule has 0 heterocycles. The first-order valence-electron chi connectivity index (χ1n) is 6.72. The number of carboxylic acids is 1. The highest BCUT2D eigenvalue weighted by molar-refractivity contribution is 5.84. The molecule has 0 radical (unpaired) electrons. The Kier molecular flexibility index (Phi) is 10.2. The highest BCUT2D eigenvalue weighted by Gasteiger charge is 2.06. The van der Waals surface area contributed by atoms with E-state index < -0.39 is 5.97 Å². The molecule has 0 saturated carbocycles. The Morgan fingerprint density at radius 3 is 2.29 bits per heavy atom. The fourth-order valence-electron chi connectivity index (χ4n) is 1.40. The molecule has 2 amide bonds. The molecule has 0 fully saturated rings. The highest BCUT2D eigenvalue weighted by Crippen LogP contribution is 1.94. The van der Waals surface area contributed by atoms with Gasteiger partial charge in [0.15, 0.2) is 5.96 Å². The fraction of sp³-hybridized carbons (Fsp3) is 0.667. The maximum Gasteiger partial charge on any atom is 0.303 e. The first kappa shape index (κ1) is 18.7. The van der Waals surface area contributed by atoms with E-state index in [2.05, 4.69) is 15.6 Å². The number of unbranched alkanes of at least 4 members (excludes halogenated alkanes) is 1. The summed E-state index contributed by atoms with van der Waals surface area (Å²) in [7, 11) is 0. The van der Waals surface area contributed by atoms with Crippen molar-refractivity contribution in [1.29, 1.82) is 0 Å². The third-order valence-corrected chi connectivity index (χ3v) is 2.44. The molecular formula is C12H23N5O4. The zero-order valence-corrected chi connectivity index (χ0v) is 11.9. The number of hydrogen-bond acceptors (Lipinski definition) is 4. The van der Waals surface area contributed by atoms with Crippen LogP contribution < -0.4 is 22.1 Å². The van der Waals surface area contributed by atoms with Gasteiger partial charge in [0.2, 0.25) is 11.8 Å². The number of carbonyl (C=O) groups excluding carboxylic acids is 2. The molecule has 0 unspecified atom stereocenters. The maximum atomic E-state index is 11.4. The minimum absolute atomic E-state index is 0.0460. The van der Waals surface area contributed by atoms with Gasteiger partial charge in [0, 0.05) is 25.9 Å². The third kappa shape index (κ3) is 13.9. The smallest absolute Gasteiger partial charge is 0.303 e. The van der Waals surface area contributed by atoms with Crippen molar-refractivity contribution in [1.82, 2.24) is 10.6 Å². The predicted octanol–water partition coefficient (Wildman–Crippen LogP) is -1.47. The molecule has 0 saturated heterocycles. The lowest BCUT2D eigenvalue weighted by molar-refractivity contribution is -0.137. The van der Waals surface area contributed by atoms with E-state index in [0.717, 1.165) is 12.8 Å². The molecule has 0 spiro atoms. The standard InChI is InChI=1S/C12H23N5O4/c13-12(14)16-7-2-1-6-15-10(19)8-17-9(18)4-3-5-11(20)21/h1-8H2,(H,15,19)(H,17,18)(H,20,21)(H4,13,14,16). The zero-order valence-electron chi connectivity index (χ0n) is 11.9. The summed E-state index contributed by atoms with van der Waals surface area (Å²) in [5, 5.41) is 13.5. The summed E-state index contributed by atoms with van der Waals surface area (Å²) in [4.78, 5) is 36.7.